The van der Waals surface area contributed by atoms with Gasteiger partial charge in [0.15, 0.2) is 5.22 Å². The minimum Gasteiger partial charge on any atom is -0.447 e. The van der Waals surface area contributed by atoms with E-state index in [4.69, 9.17) is 25.3 Å². The van der Waals surface area contributed by atoms with Gasteiger partial charge in [-0.1, -0.05) is 0 Å². The maximum absolute atomic E-state index is 13.2. The van der Waals surface area contributed by atoms with Crippen LogP contribution in [0.25, 0.3) is 0 Å². The molecule has 3 aromatic rings. The second kappa shape index (κ2) is 9.59. The van der Waals surface area contributed by atoms with Crippen LogP contribution in [0.1, 0.15) is 54.0 Å². The molecule has 0 bridgehead atoms. The van der Waals surface area contributed by atoms with Crippen LogP contribution < -0.4 is 10.5 Å². The smallest absolute Gasteiger partial charge is 0.333 e. The fraction of sp³-hybridized carbons (Fsp3) is 0.400. The molecule has 0 aliphatic heterocycles. The third-order valence-corrected chi connectivity index (χ3v) is 6.22. The highest BCUT2D eigenvalue weighted by Gasteiger charge is 2.28. The van der Waals surface area contributed by atoms with Gasteiger partial charge in [0.2, 0.25) is 5.78 Å². The zero-order valence-corrected chi connectivity index (χ0v) is 19.3. The second-order valence-electron chi connectivity index (χ2n) is 7.91. The Kier molecular flexibility index (Phi) is 6.79. The number of aromatic nitrogens is 4. The highest BCUT2D eigenvalue weighted by molar-refractivity contribution is 7.84. The molecule has 0 radical (unpaired) electrons. The maximum atomic E-state index is 13.2. The Hall–Kier alpha value is -2.80. The Morgan fingerprint density at radius 2 is 2.21 bits per heavy atom. The van der Waals surface area contributed by atoms with Gasteiger partial charge in [0.1, 0.15) is 29.6 Å². The minimum absolute atomic E-state index is 0.00168. The molecule has 1 aliphatic carbocycles. The highest BCUT2D eigenvalue weighted by atomic mass is 35.5. The van der Waals surface area contributed by atoms with Crippen LogP contribution in [-0.4, -0.2) is 46.6 Å². The second-order valence-corrected chi connectivity index (χ2v) is 9.50. The van der Waals surface area contributed by atoms with Crippen LogP contribution in [0.5, 0.6) is 0 Å². The Balaban J connectivity index is 1.44. The lowest BCUT2D eigenvalue weighted by Gasteiger charge is -2.15. The SMILES string of the molecule is CC(c1ccc(Cl)o1)n1ccc(C(=O)c2cncnc2N[C@H]2CC[C@@H](COS(N)(=O)=O)C2)n1. The van der Waals surface area contributed by atoms with Crippen molar-refractivity contribution in [2.45, 2.75) is 38.3 Å². The molecule has 0 saturated heterocycles. The summed E-state index contributed by atoms with van der Waals surface area (Å²) in [6.07, 6.45) is 6.69. The van der Waals surface area contributed by atoms with Gasteiger partial charge < -0.3 is 9.73 Å². The van der Waals surface area contributed by atoms with Crippen LogP contribution in [0.3, 0.4) is 0 Å². The largest absolute Gasteiger partial charge is 0.447 e. The number of carbonyl (C=O) groups is 1. The van der Waals surface area contributed by atoms with Gasteiger partial charge in [-0.25, -0.2) is 15.1 Å². The predicted molar refractivity (Wildman–Crippen MR) is 119 cm³/mol. The Morgan fingerprint density at radius 1 is 1.39 bits per heavy atom. The summed E-state index contributed by atoms with van der Waals surface area (Å²) in [7, 11) is -3.96. The van der Waals surface area contributed by atoms with Crippen LogP contribution in [0.4, 0.5) is 5.82 Å². The van der Waals surface area contributed by atoms with E-state index < -0.39 is 10.3 Å². The molecular weight excluding hydrogens is 472 g/mol. The van der Waals surface area contributed by atoms with E-state index in [9.17, 15) is 13.2 Å². The average molecular weight is 495 g/mol. The highest BCUT2D eigenvalue weighted by Crippen LogP contribution is 2.29. The van der Waals surface area contributed by atoms with Crippen LogP contribution >= 0.6 is 11.6 Å². The van der Waals surface area contributed by atoms with Crippen LogP contribution in [-0.2, 0) is 14.5 Å². The number of nitrogens with one attached hydrogen (secondary N) is 1. The summed E-state index contributed by atoms with van der Waals surface area (Å²) in [6, 6.07) is 4.78. The third kappa shape index (κ3) is 5.77. The summed E-state index contributed by atoms with van der Waals surface area (Å²) in [4.78, 5) is 21.4. The van der Waals surface area contributed by atoms with Gasteiger partial charge in [-0.3, -0.25) is 13.7 Å². The lowest BCUT2D eigenvalue weighted by Crippen LogP contribution is -2.22. The van der Waals surface area contributed by atoms with Crippen molar-refractivity contribution in [3.8, 4) is 0 Å². The van der Waals surface area contributed by atoms with Gasteiger partial charge in [-0.2, -0.15) is 13.5 Å². The Labute approximate surface area is 195 Å². The van der Waals surface area contributed by atoms with E-state index in [2.05, 4.69) is 20.4 Å². The molecule has 1 fully saturated rings. The number of nitrogens with zero attached hydrogens (tertiary/aromatic N) is 4. The molecule has 1 saturated carbocycles. The van der Waals surface area contributed by atoms with E-state index in [1.54, 1.807) is 29.1 Å². The van der Waals surface area contributed by atoms with Crippen molar-refractivity contribution < 1.29 is 21.8 Å². The number of carbonyl (C=O) groups excluding carboxylic acids is 1. The number of hydrogen-bond donors (Lipinski definition) is 2. The summed E-state index contributed by atoms with van der Waals surface area (Å²) < 4.78 is 33.8. The maximum Gasteiger partial charge on any atom is 0.333 e. The molecule has 3 heterocycles. The zero-order valence-electron chi connectivity index (χ0n) is 17.7. The number of furan rings is 1. The molecule has 0 amide bonds. The summed E-state index contributed by atoms with van der Waals surface area (Å²) >= 11 is 5.85. The van der Waals surface area contributed by atoms with Gasteiger partial charge in [0, 0.05) is 18.4 Å². The number of rotatable bonds is 9. The van der Waals surface area contributed by atoms with Crippen molar-refractivity contribution in [3.05, 3.63) is 59.2 Å². The van der Waals surface area contributed by atoms with Crippen molar-refractivity contribution in [3.63, 3.8) is 0 Å². The molecule has 3 N–H and O–H groups in total. The quantitative estimate of drug-likeness (QED) is 0.426. The zero-order chi connectivity index (χ0) is 23.6. The first-order valence-corrected chi connectivity index (χ1v) is 12.1. The number of anilines is 1. The number of ketones is 1. The molecule has 33 heavy (non-hydrogen) atoms. The van der Waals surface area contributed by atoms with Gasteiger partial charge >= 0.3 is 10.3 Å². The number of halogens is 1. The number of nitrogens with two attached hydrogens (primary N) is 1. The molecule has 13 heteroatoms. The third-order valence-electron chi connectivity index (χ3n) is 5.55. The van der Waals surface area contributed by atoms with Gasteiger partial charge in [-0.05, 0) is 61.9 Å². The normalized spacial score (nSPS) is 19.5. The Bertz CT molecular complexity index is 1240. The standard InChI is InChI=1S/C20H23ClN6O5S/c1-12(17-4-5-18(21)32-17)27-7-6-16(26-27)19(28)15-9-23-11-24-20(15)25-14-3-2-13(8-14)10-31-33(22,29)30/h4-7,9,11-14H,2-3,8,10H2,1H3,(H2,22,29,30)(H,23,24,25)/t12?,13-,14+/m1/s1. The van der Waals surface area contributed by atoms with E-state index >= 15 is 0 Å². The number of hydrogen-bond acceptors (Lipinski definition) is 9. The Morgan fingerprint density at radius 3 is 2.94 bits per heavy atom. The molecule has 1 aliphatic rings. The molecule has 0 aromatic carbocycles. The molecule has 11 nitrogen and oxygen atoms in total. The van der Waals surface area contributed by atoms with E-state index in [0.717, 1.165) is 12.8 Å². The van der Waals surface area contributed by atoms with Crippen LogP contribution in [0.2, 0.25) is 5.22 Å². The van der Waals surface area contributed by atoms with E-state index in [-0.39, 0.29) is 41.3 Å². The van der Waals surface area contributed by atoms with Crippen molar-refractivity contribution in [2.75, 3.05) is 11.9 Å². The van der Waals surface area contributed by atoms with Gasteiger partial charge in [0.25, 0.3) is 0 Å². The van der Waals surface area contributed by atoms with E-state index in [1.807, 2.05) is 6.92 Å². The predicted octanol–water partition coefficient (Wildman–Crippen LogP) is 2.56. The minimum atomic E-state index is -3.96. The van der Waals surface area contributed by atoms with Gasteiger partial charge in [0.05, 0.1) is 12.2 Å². The summed E-state index contributed by atoms with van der Waals surface area (Å²) in [5.41, 5.74) is 0.531. The molecule has 1 unspecified atom stereocenters. The van der Waals surface area contributed by atoms with E-state index in [0.29, 0.717) is 23.6 Å². The fourth-order valence-electron chi connectivity index (χ4n) is 3.85. The average Bonchev–Trinajstić information content (AvgIpc) is 3.52. The van der Waals surface area contributed by atoms with Crippen LogP contribution in [0.15, 0.2) is 41.3 Å². The molecule has 4 rings (SSSR count). The molecule has 3 aromatic heterocycles. The van der Waals surface area contributed by atoms with Crippen molar-refractivity contribution in [1.29, 1.82) is 0 Å². The van der Waals surface area contributed by atoms with Gasteiger partial charge in [-0.15, -0.1) is 0 Å². The summed E-state index contributed by atoms with van der Waals surface area (Å²) in [5.74, 6) is 0.728. The van der Waals surface area contributed by atoms with E-state index in [1.165, 1.54) is 12.5 Å². The monoisotopic (exact) mass is 494 g/mol. The topological polar surface area (TPSA) is 155 Å². The molecule has 176 valence electrons. The van der Waals surface area contributed by atoms with Crippen LogP contribution in [0, 0.1) is 5.92 Å². The lowest BCUT2D eigenvalue weighted by molar-refractivity contribution is 0.103. The first kappa shape index (κ1) is 23.4. The first-order valence-electron chi connectivity index (χ1n) is 10.3. The first-order chi connectivity index (χ1) is 15.7. The molecular formula is C20H23ClN6O5S. The van der Waals surface area contributed by atoms with Crippen molar-refractivity contribution >= 4 is 33.5 Å². The van der Waals surface area contributed by atoms with Crippen molar-refractivity contribution in [2.24, 2.45) is 11.1 Å². The summed E-state index contributed by atoms with van der Waals surface area (Å²) in [5, 5.41) is 12.8. The summed E-state index contributed by atoms with van der Waals surface area (Å²) in [6.45, 7) is 1.91. The fourth-order valence-corrected chi connectivity index (χ4v) is 4.38. The van der Waals surface area contributed by atoms with Crippen molar-refractivity contribution in [1.82, 2.24) is 19.7 Å². The molecule has 0 spiro atoms. The lowest BCUT2D eigenvalue weighted by atomic mass is 10.1. The molecule has 3 atom stereocenters.